The van der Waals surface area contributed by atoms with Gasteiger partial charge in [-0.3, -0.25) is 0 Å². The van der Waals surface area contributed by atoms with Gasteiger partial charge in [0.1, 0.15) is 11.2 Å². The molecule has 48 heavy (non-hydrogen) atoms. The Morgan fingerprint density at radius 1 is 0.604 bits per heavy atom. The van der Waals surface area contributed by atoms with Gasteiger partial charge >= 0.3 is 0 Å². The minimum absolute atomic E-state index is 0.238. The number of anilines is 1. The van der Waals surface area contributed by atoms with E-state index in [-0.39, 0.29) is 6.04 Å². The van der Waals surface area contributed by atoms with Crippen LogP contribution in [0.15, 0.2) is 155 Å². The van der Waals surface area contributed by atoms with Crippen LogP contribution in [0.4, 0.5) is 5.69 Å². The van der Waals surface area contributed by atoms with Gasteiger partial charge in [-0.25, -0.2) is 15.0 Å². The van der Waals surface area contributed by atoms with Crippen LogP contribution in [0.3, 0.4) is 0 Å². The molecule has 1 aliphatic heterocycles. The van der Waals surface area contributed by atoms with Crippen molar-refractivity contribution in [3.63, 3.8) is 0 Å². The van der Waals surface area contributed by atoms with Gasteiger partial charge in [-0.1, -0.05) is 109 Å². The van der Waals surface area contributed by atoms with Gasteiger partial charge in [0.2, 0.25) is 0 Å². The lowest BCUT2D eigenvalue weighted by atomic mass is 9.78. The van der Waals surface area contributed by atoms with Crippen LogP contribution >= 0.6 is 0 Å². The molecule has 5 nitrogen and oxygen atoms in total. The molecule has 0 saturated heterocycles. The third-order valence-electron chi connectivity index (χ3n) is 9.96. The first-order chi connectivity index (χ1) is 23.8. The number of rotatable bonds is 4. The minimum atomic E-state index is 0.238. The third kappa shape index (κ3) is 4.28. The lowest BCUT2D eigenvalue weighted by Gasteiger charge is -2.32. The summed E-state index contributed by atoms with van der Waals surface area (Å²) in [6, 6.07) is 42.2. The molecule has 0 amide bonds. The molecule has 0 N–H and O–H groups in total. The zero-order valence-electron chi connectivity index (χ0n) is 26.1. The summed E-state index contributed by atoms with van der Waals surface area (Å²) in [6.07, 6.45) is 11.5. The van der Waals surface area contributed by atoms with Gasteiger partial charge in [-0.2, -0.15) is 0 Å². The van der Waals surface area contributed by atoms with Crippen molar-refractivity contribution in [2.24, 2.45) is 0 Å². The molecule has 0 saturated carbocycles. The molecular weight excluding hydrogens is 589 g/mol. The molecule has 3 heterocycles. The number of furan rings is 1. The van der Waals surface area contributed by atoms with Crippen LogP contribution in [-0.2, 0) is 0 Å². The van der Waals surface area contributed by atoms with Crippen LogP contribution in [0.25, 0.3) is 62.2 Å². The SMILES string of the molecule is C1=CC2=C(CC1)C1c3ccccc3C=CC1N2c1ccc2c(c1)oc1cc(-c3nc(-c4ccccc4)nc(-c4ccccc4)n3)ccc12. The molecule has 0 spiro atoms. The topological polar surface area (TPSA) is 55.1 Å². The van der Waals surface area contributed by atoms with Crippen molar-refractivity contribution < 1.29 is 4.42 Å². The Bertz CT molecular complexity index is 2420. The fourth-order valence-electron chi connectivity index (χ4n) is 7.76. The molecule has 5 heteroatoms. The summed E-state index contributed by atoms with van der Waals surface area (Å²) in [5.74, 6) is 2.26. The van der Waals surface area contributed by atoms with Crippen LogP contribution in [0.1, 0.15) is 29.9 Å². The number of allylic oxidation sites excluding steroid dienone is 2. The van der Waals surface area contributed by atoms with Crippen molar-refractivity contribution in [1.29, 1.82) is 0 Å². The monoisotopic (exact) mass is 618 g/mol. The van der Waals surface area contributed by atoms with Gasteiger partial charge in [0.25, 0.3) is 0 Å². The smallest absolute Gasteiger partial charge is 0.164 e. The van der Waals surface area contributed by atoms with E-state index in [0.717, 1.165) is 57.2 Å². The maximum Gasteiger partial charge on any atom is 0.164 e. The summed E-state index contributed by atoms with van der Waals surface area (Å²) in [7, 11) is 0. The molecule has 2 atom stereocenters. The molecule has 0 radical (unpaired) electrons. The quantitative estimate of drug-likeness (QED) is 0.196. The van der Waals surface area contributed by atoms with E-state index in [1.165, 1.54) is 22.4 Å². The average molecular weight is 619 g/mol. The predicted octanol–water partition coefficient (Wildman–Crippen LogP) is 10.4. The normalized spacial score (nSPS) is 18.0. The first kappa shape index (κ1) is 27.1. The highest BCUT2D eigenvalue weighted by Gasteiger charge is 2.42. The predicted molar refractivity (Wildman–Crippen MR) is 193 cm³/mol. The van der Waals surface area contributed by atoms with E-state index in [4.69, 9.17) is 19.4 Å². The molecule has 10 rings (SSSR count). The largest absolute Gasteiger partial charge is 0.456 e. The highest BCUT2D eigenvalue weighted by molar-refractivity contribution is 6.06. The first-order valence-electron chi connectivity index (χ1n) is 16.6. The Morgan fingerprint density at radius 3 is 2.00 bits per heavy atom. The van der Waals surface area contributed by atoms with Gasteiger partial charge in [-0.15, -0.1) is 0 Å². The van der Waals surface area contributed by atoms with E-state index in [1.807, 2.05) is 60.7 Å². The molecule has 5 aromatic carbocycles. The summed E-state index contributed by atoms with van der Waals surface area (Å²) in [5.41, 5.74) is 11.2. The molecule has 0 bridgehead atoms. The Balaban J connectivity index is 1.07. The molecule has 7 aromatic rings. The van der Waals surface area contributed by atoms with Gasteiger partial charge < -0.3 is 9.32 Å². The Labute approximate surface area is 278 Å². The van der Waals surface area contributed by atoms with E-state index in [9.17, 15) is 0 Å². The Kier molecular flexibility index (Phi) is 6.06. The van der Waals surface area contributed by atoms with Crippen LogP contribution in [0.2, 0.25) is 0 Å². The maximum absolute atomic E-state index is 6.62. The highest BCUT2D eigenvalue weighted by atomic mass is 16.3. The lowest BCUT2D eigenvalue weighted by molar-refractivity contribution is 0.666. The van der Waals surface area contributed by atoms with E-state index < -0.39 is 0 Å². The second-order valence-electron chi connectivity index (χ2n) is 12.7. The fraction of sp³-hybridized carbons (Fsp3) is 0.0930. The number of hydrogen-bond acceptors (Lipinski definition) is 5. The van der Waals surface area contributed by atoms with Crippen molar-refractivity contribution in [1.82, 2.24) is 15.0 Å². The number of nitrogens with zero attached hydrogens (tertiary/aromatic N) is 4. The summed E-state index contributed by atoms with van der Waals surface area (Å²) < 4.78 is 6.62. The molecule has 2 aromatic heterocycles. The highest BCUT2D eigenvalue weighted by Crippen LogP contribution is 2.51. The Hall–Kier alpha value is -6.07. The van der Waals surface area contributed by atoms with E-state index in [0.29, 0.717) is 23.4 Å². The maximum atomic E-state index is 6.62. The summed E-state index contributed by atoms with van der Waals surface area (Å²) >= 11 is 0. The number of aromatic nitrogens is 3. The second-order valence-corrected chi connectivity index (χ2v) is 12.7. The molecular formula is C43H30N4O. The molecule has 3 aliphatic rings. The zero-order valence-corrected chi connectivity index (χ0v) is 26.1. The lowest BCUT2D eigenvalue weighted by Crippen LogP contribution is -2.32. The van der Waals surface area contributed by atoms with Gasteiger partial charge in [0.15, 0.2) is 17.5 Å². The average Bonchev–Trinajstić information content (AvgIpc) is 3.70. The van der Waals surface area contributed by atoms with Crippen molar-refractivity contribution >= 4 is 33.7 Å². The van der Waals surface area contributed by atoms with Crippen LogP contribution in [0.5, 0.6) is 0 Å². The van der Waals surface area contributed by atoms with E-state index >= 15 is 0 Å². The summed E-state index contributed by atoms with van der Waals surface area (Å²) in [5, 5.41) is 2.17. The third-order valence-corrected chi connectivity index (χ3v) is 9.96. The van der Waals surface area contributed by atoms with E-state index in [2.05, 4.69) is 89.9 Å². The standard InChI is InChI=1S/C43H30N4O/c1-3-12-28(13-4-1)41-44-42(29-14-5-2-6-15-29)46-43(45-41)30-19-22-33-34-23-21-31(26-39(34)48-38(33)25-30)47-36-18-10-9-17-35(36)40-32-16-8-7-11-27(32)20-24-37(40)47/h1-8,10-16,18-26,37,40H,9,17H2. The van der Waals surface area contributed by atoms with Crippen molar-refractivity contribution in [3.8, 4) is 34.2 Å². The molecule has 2 unspecified atom stereocenters. The van der Waals surface area contributed by atoms with Crippen LogP contribution < -0.4 is 4.90 Å². The second kappa shape index (κ2) is 10.7. The van der Waals surface area contributed by atoms with Crippen LogP contribution in [0, 0.1) is 0 Å². The van der Waals surface area contributed by atoms with Gasteiger partial charge in [0.05, 0.1) is 6.04 Å². The number of fused-ring (bicyclic) bond motifs is 7. The molecule has 2 aliphatic carbocycles. The van der Waals surface area contributed by atoms with Crippen molar-refractivity contribution in [2.75, 3.05) is 4.90 Å². The van der Waals surface area contributed by atoms with Crippen molar-refractivity contribution in [3.05, 3.63) is 162 Å². The molecule has 0 fully saturated rings. The van der Waals surface area contributed by atoms with E-state index in [1.54, 1.807) is 0 Å². The summed E-state index contributed by atoms with van der Waals surface area (Å²) in [4.78, 5) is 17.2. The number of hydrogen-bond donors (Lipinski definition) is 0. The van der Waals surface area contributed by atoms with Gasteiger partial charge in [-0.05, 0) is 59.9 Å². The minimum Gasteiger partial charge on any atom is -0.456 e. The van der Waals surface area contributed by atoms with Gasteiger partial charge in [0, 0.05) is 50.8 Å². The van der Waals surface area contributed by atoms with Crippen LogP contribution in [-0.4, -0.2) is 21.0 Å². The first-order valence-corrected chi connectivity index (χ1v) is 16.6. The van der Waals surface area contributed by atoms with Crippen molar-refractivity contribution in [2.45, 2.75) is 24.8 Å². The Morgan fingerprint density at radius 2 is 1.25 bits per heavy atom. The molecule has 228 valence electrons. The number of benzene rings is 5. The zero-order chi connectivity index (χ0) is 31.6. The summed E-state index contributed by atoms with van der Waals surface area (Å²) in [6.45, 7) is 0. The fourth-order valence-corrected chi connectivity index (χ4v) is 7.76.